The van der Waals surface area contributed by atoms with Gasteiger partial charge in [0.25, 0.3) is 0 Å². The number of rotatable bonds is 5. The van der Waals surface area contributed by atoms with Gasteiger partial charge in [-0.1, -0.05) is 5.21 Å². The van der Waals surface area contributed by atoms with Gasteiger partial charge in [0.2, 0.25) is 0 Å². The number of hydrogen-bond acceptors (Lipinski definition) is 3. The summed E-state index contributed by atoms with van der Waals surface area (Å²) in [6, 6.07) is 0. The third-order valence-corrected chi connectivity index (χ3v) is 1.59. The molecule has 0 bridgehead atoms. The van der Waals surface area contributed by atoms with Gasteiger partial charge in [-0.25, -0.2) is 0 Å². The van der Waals surface area contributed by atoms with Crippen molar-refractivity contribution in [1.82, 2.24) is 20.3 Å². The van der Waals surface area contributed by atoms with Crippen LogP contribution in [0.2, 0.25) is 0 Å². The monoisotopic (exact) mass is 178 g/mol. The zero-order chi connectivity index (χ0) is 9.36. The second kappa shape index (κ2) is 6.21. The maximum atomic E-state index is 3.85. The average Bonchev–Trinajstić information content (AvgIpc) is 2.63. The molecule has 0 atom stereocenters. The molecule has 1 rings (SSSR count). The molecule has 0 spiro atoms. The predicted molar refractivity (Wildman–Crippen MR) is 51.0 cm³/mol. The van der Waals surface area contributed by atoms with E-state index in [2.05, 4.69) is 27.5 Å². The zero-order valence-corrected chi connectivity index (χ0v) is 7.82. The van der Waals surface area contributed by atoms with Crippen molar-refractivity contribution in [3.05, 3.63) is 12.4 Å². The molecule has 0 unspecified atom stereocenters. The largest absolute Gasteiger partial charge is 0.314 e. The topological polar surface area (TPSA) is 42.7 Å². The van der Waals surface area contributed by atoms with Crippen molar-refractivity contribution in [3.63, 3.8) is 0 Å². The Morgan fingerprint density at radius 3 is 3.08 bits per heavy atom. The van der Waals surface area contributed by atoms with Crippen LogP contribution in [0.1, 0.15) is 13.3 Å². The number of nitrogens with one attached hydrogen (secondary N) is 1. The summed E-state index contributed by atoms with van der Waals surface area (Å²) in [7, 11) is 0. The number of aromatic nitrogens is 3. The smallest absolute Gasteiger partial charge is 0.0692 e. The summed E-state index contributed by atoms with van der Waals surface area (Å²) in [6.07, 6.45) is 4.45. The molecule has 1 aromatic rings. The number of hydrogen-bond donors (Lipinski definition) is 1. The van der Waals surface area contributed by atoms with Crippen LogP contribution in [0.3, 0.4) is 0 Å². The Morgan fingerprint density at radius 1 is 1.46 bits per heavy atom. The summed E-state index contributed by atoms with van der Waals surface area (Å²) in [5, 5.41) is 10.8. The molecular weight excluding hydrogens is 164 g/mol. The van der Waals surface area contributed by atoms with E-state index in [9.17, 15) is 0 Å². The van der Waals surface area contributed by atoms with Gasteiger partial charge in [-0.15, -0.1) is 16.9 Å². The highest BCUT2D eigenvalue weighted by atomic mass is 15.4. The molecule has 0 saturated carbocycles. The molecule has 70 valence electrons. The Hall–Kier alpha value is -1.34. The van der Waals surface area contributed by atoms with Crippen molar-refractivity contribution in [2.45, 2.75) is 19.9 Å². The van der Waals surface area contributed by atoms with Crippen LogP contribution in [-0.4, -0.2) is 28.1 Å². The van der Waals surface area contributed by atoms with Gasteiger partial charge < -0.3 is 5.32 Å². The summed E-state index contributed by atoms with van der Waals surface area (Å²) in [5.74, 6) is 5.85. The lowest BCUT2D eigenvalue weighted by molar-refractivity contribution is 0.544. The minimum absolute atomic E-state index is 0.861. The van der Waals surface area contributed by atoms with Crippen molar-refractivity contribution in [1.29, 1.82) is 0 Å². The molecule has 1 heterocycles. The Kier molecular flexibility index (Phi) is 4.65. The lowest BCUT2D eigenvalue weighted by Gasteiger charge is -2.01. The molecular formula is C9H14N4. The Morgan fingerprint density at radius 2 is 2.38 bits per heavy atom. The van der Waals surface area contributed by atoms with Gasteiger partial charge in [-0.05, 0) is 6.92 Å². The van der Waals surface area contributed by atoms with E-state index in [1.165, 1.54) is 0 Å². The van der Waals surface area contributed by atoms with Crippen LogP contribution in [0.5, 0.6) is 0 Å². The summed E-state index contributed by atoms with van der Waals surface area (Å²) < 4.78 is 1.80. The van der Waals surface area contributed by atoms with Gasteiger partial charge in [0, 0.05) is 25.7 Å². The fraction of sp³-hybridized carbons (Fsp3) is 0.556. The van der Waals surface area contributed by atoms with Crippen LogP contribution in [-0.2, 0) is 6.54 Å². The Bertz CT molecular complexity index is 268. The van der Waals surface area contributed by atoms with E-state index in [4.69, 9.17) is 0 Å². The SMILES string of the molecule is CC#CCCNCCn1ccnn1. The predicted octanol–water partition coefficient (Wildman–Crippen LogP) is 0.281. The zero-order valence-electron chi connectivity index (χ0n) is 7.82. The third kappa shape index (κ3) is 4.28. The van der Waals surface area contributed by atoms with Crippen molar-refractivity contribution >= 4 is 0 Å². The first-order valence-corrected chi connectivity index (χ1v) is 4.38. The average molecular weight is 178 g/mol. The van der Waals surface area contributed by atoms with Gasteiger partial charge >= 0.3 is 0 Å². The highest BCUT2D eigenvalue weighted by molar-refractivity contribution is 4.95. The lowest BCUT2D eigenvalue weighted by atomic mass is 10.4. The van der Waals surface area contributed by atoms with Gasteiger partial charge in [-0.3, -0.25) is 4.68 Å². The van der Waals surface area contributed by atoms with Crippen molar-refractivity contribution < 1.29 is 0 Å². The molecule has 4 nitrogen and oxygen atoms in total. The molecule has 4 heteroatoms. The molecule has 0 fully saturated rings. The second-order valence-corrected chi connectivity index (χ2v) is 2.59. The molecule has 1 aromatic heterocycles. The van der Waals surface area contributed by atoms with Crippen molar-refractivity contribution in [2.24, 2.45) is 0 Å². The maximum absolute atomic E-state index is 3.85. The van der Waals surface area contributed by atoms with E-state index in [0.717, 1.165) is 26.1 Å². The van der Waals surface area contributed by atoms with Gasteiger partial charge in [0.05, 0.1) is 12.7 Å². The van der Waals surface area contributed by atoms with Crippen LogP contribution in [0, 0.1) is 11.8 Å². The van der Waals surface area contributed by atoms with Crippen molar-refractivity contribution in [2.75, 3.05) is 13.1 Å². The van der Waals surface area contributed by atoms with Gasteiger partial charge in [-0.2, -0.15) is 0 Å². The molecule has 0 saturated heterocycles. The molecule has 0 aliphatic heterocycles. The summed E-state index contributed by atoms with van der Waals surface area (Å²) in [6.45, 7) is 4.57. The van der Waals surface area contributed by atoms with Crippen molar-refractivity contribution in [3.8, 4) is 11.8 Å². The number of nitrogens with zero attached hydrogens (tertiary/aromatic N) is 3. The Labute approximate surface area is 78.3 Å². The molecule has 0 amide bonds. The summed E-state index contributed by atoms with van der Waals surface area (Å²) in [5.41, 5.74) is 0. The van der Waals surface area contributed by atoms with Gasteiger partial charge in [0.15, 0.2) is 0 Å². The highest BCUT2D eigenvalue weighted by Gasteiger charge is 1.89. The van der Waals surface area contributed by atoms with E-state index in [-0.39, 0.29) is 0 Å². The quantitative estimate of drug-likeness (QED) is 0.520. The first kappa shape index (κ1) is 9.75. The van der Waals surface area contributed by atoms with E-state index >= 15 is 0 Å². The molecule has 0 aliphatic carbocycles. The van der Waals surface area contributed by atoms with E-state index in [1.807, 2.05) is 13.1 Å². The van der Waals surface area contributed by atoms with Crippen LogP contribution in [0.25, 0.3) is 0 Å². The van der Waals surface area contributed by atoms with Crippen LogP contribution in [0.15, 0.2) is 12.4 Å². The van der Waals surface area contributed by atoms with Gasteiger partial charge in [0.1, 0.15) is 0 Å². The highest BCUT2D eigenvalue weighted by Crippen LogP contribution is 1.79. The third-order valence-electron chi connectivity index (χ3n) is 1.59. The van der Waals surface area contributed by atoms with E-state index < -0.39 is 0 Å². The molecule has 0 radical (unpaired) electrons. The fourth-order valence-corrected chi connectivity index (χ4v) is 0.946. The second-order valence-electron chi connectivity index (χ2n) is 2.59. The molecule has 0 aromatic carbocycles. The minimum Gasteiger partial charge on any atom is -0.314 e. The van der Waals surface area contributed by atoms with E-state index in [1.54, 1.807) is 10.9 Å². The standard InChI is InChI=1S/C9H14N4/c1-2-3-4-5-10-6-8-13-9-7-11-12-13/h7,9-10H,4-6,8H2,1H3. The minimum atomic E-state index is 0.861. The lowest BCUT2D eigenvalue weighted by Crippen LogP contribution is -2.21. The molecule has 0 aliphatic rings. The van der Waals surface area contributed by atoms with Crippen LogP contribution in [0.4, 0.5) is 0 Å². The Balaban J connectivity index is 1.98. The van der Waals surface area contributed by atoms with Crippen LogP contribution < -0.4 is 5.32 Å². The maximum Gasteiger partial charge on any atom is 0.0692 e. The van der Waals surface area contributed by atoms with E-state index in [0.29, 0.717) is 0 Å². The summed E-state index contributed by atoms with van der Waals surface area (Å²) in [4.78, 5) is 0. The normalized spacial score (nSPS) is 9.31. The molecule has 1 N–H and O–H groups in total. The van der Waals surface area contributed by atoms with Crippen LogP contribution >= 0.6 is 0 Å². The molecule has 13 heavy (non-hydrogen) atoms. The first-order chi connectivity index (χ1) is 6.43. The summed E-state index contributed by atoms with van der Waals surface area (Å²) >= 11 is 0. The fourth-order valence-electron chi connectivity index (χ4n) is 0.946. The first-order valence-electron chi connectivity index (χ1n) is 4.38.